The van der Waals surface area contributed by atoms with E-state index in [0.717, 1.165) is 19.3 Å². The second kappa shape index (κ2) is 9.10. The molecule has 3 heterocycles. The van der Waals surface area contributed by atoms with Crippen LogP contribution in [0.15, 0.2) is 24.4 Å². The standard InChI is InChI=1S/C19H22N6O3/c1-13-6-4-7-14(22-13)18(26)23-15-12-25(16-8-2-3-11-28-16)24-17(15)19(27)21-10-5-9-20/h4,6-7,12,16H,2-3,5,8,10-11H2,1H3,(H,21,27)(H,23,26). The predicted molar refractivity (Wildman–Crippen MR) is 101 cm³/mol. The number of hydrogen-bond acceptors (Lipinski definition) is 6. The molecule has 2 N–H and O–H groups in total. The molecule has 9 heteroatoms. The van der Waals surface area contributed by atoms with Gasteiger partial charge in [-0.3, -0.25) is 9.59 Å². The van der Waals surface area contributed by atoms with Crippen LogP contribution in [0.2, 0.25) is 0 Å². The van der Waals surface area contributed by atoms with Crippen molar-refractivity contribution >= 4 is 17.5 Å². The van der Waals surface area contributed by atoms with Crippen LogP contribution in [0.4, 0.5) is 5.69 Å². The van der Waals surface area contributed by atoms with E-state index in [-0.39, 0.29) is 36.3 Å². The average molecular weight is 382 g/mol. The van der Waals surface area contributed by atoms with Gasteiger partial charge in [-0.1, -0.05) is 6.07 Å². The van der Waals surface area contributed by atoms with Crippen LogP contribution in [0.25, 0.3) is 0 Å². The van der Waals surface area contributed by atoms with Gasteiger partial charge < -0.3 is 15.4 Å². The van der Waals surface area contributed by atoms with E-state index in [0.29, 0.717) is 12.3 Å². The summed E-state index contributed by atoms with van der Waals surface area (Å²) >= 11 is 0. The van der Waals surface area contributed by atoms with Crippen molar-refractivity contribution in [1.29, 1.82) is 5.26 Å². The van der Waals surface area contributed by atoms with Crippen LogP contribution in [-0.2, 0) is 4.74 Å². The maximum Gasteiger partial charge on any atom is 0.274 e. The highest BCUT2D eigenvalue weighted by atomic mass is 16.5. The fourth-order valence-corrected chi connectivity index (χ4v) is 2.90. The number of pyridine rings is 1. The van der Waals surface area contributed by atoms with E-state index in [2.05, 4.69) is 20.7 Å². The molecule has 0 aromatic carbocycles. The number of carbonyl (C=O) groups excluding carboxylic acids is 2. The van der Waals surface area contributed by atoms with Gasteiger partial charge >= 0.3 is 0 Å². The number of ether oxygens (including phenoxy) is 1. The zero-order chi connectivity index (χ0) is 19.9. The van der Waals surface area contributed by atoms with Gasteiger partial charge in [0.15, 0.2) is 5.69 Å². The first-order valence-electron chi connectivity index (χ1n) is 9.19. The highest BCUT2D eigenvalue weighted by molar-refractivity contribution is 6.07. The molecule has 2 aromatic heterocycles. The highest BCUT2D eigenvalue weighted by Crippen LogP contribution is 2.25. The number of rotatable bonds is 6. The van der Waals surface area contributed by atoms with E-state index >= 15 is 0 Å². The fraction of sp³-hybridized carbons (Fsp3) is 0.421. The van der Waals surface area contributed by atoms with E-state index in [1.165, 1.54) is 0 Å². The molecule has 1 unspecified atom stereocenters. The van der Waals surface area contributed by atoms with E-state index in [9.17, 15) is 9.59 Å². The van der Waals surface area contributed by atoms with Gasteiger partial charge in [0.2, 0.25) is 0 Å². The predicted octanol–water partition coefficient (Wildman–Crippen LogP) is 2.18. The van der Waals surface area contributed by atoms with E-state index in [1.807, 2.05) is 6.07 Å². The molecule has 0 saturated carbocycles. The summed E-state index contributed by atoms with van der Waals surface area (Å²) in [6.45, 7) is 2.63. The zero-order valence-corrected chi connectivity index (χ0v) is 15.6. The van der Waals surface area contributed by atoms with E-state index in [1.54, 1.807) is 36.0 Å². The Balaban J connectivity index is 1.84. The molecule has 0 spiro atoms. The van der Waals surface area contributed by atoms with Gasteiger partial charge in [-0.15, -0.1) is 0 Å². The molecular weight excluding hydrogens is 360 g/mol. The summed E-state index contributed by atoms with van der Waals surface area (Å²) in [4.78, 5) is 29.3. The lowest BCUT2D eigenvalue weighted by Gasteiger charge is -2.22. The Kier molecular flexibility index (Phi) is 6.34. The number of anilines is 1. The summed E-state index contributed by atoms with van der Waals surface area (Å²) in [6, 6.07) is 7.10. The number of aromatic nitrogens is 3. The largest absolute Gasteiger partial charge is 0.357 e. The summed E-state index contributed by atoms with van der Waals surface area (Å²) in [6.07, 6.45) is 4.28. The smallest absolute Gasteiger partial charge is 0.274 e. The third-order valence-electron chi connectivity index (χ3n) is 4.29. The van der Waals surface area contributed by atoms with Crippen molar-refractivity contribution in [2.75, 3.05) is 18.5 Å². The molecule has 2 amide bonds. The SMILES string of the molecule is Cc1cccc(C(=O)Nc2cn(C3CCCCO3)nc2C(=O)NCCC#N)n1. The molecule has 2 aromatic rings. The van der Waals surface area contributed by atoms with Crippen LogP contribution >= 0.6 is 0 Å². The number of amides is 2. The average Bonchev–Trinajstić information content (AvgIpc) is 3.12. The molecule has 1 aliphatic rings. The molecule has 1 aliphatic heterocycles. The monoisotopic (exact) mass is 382 g/mol. The minimum atomic E-state index is -0.461. The van der Waals surface area contributed by atoms with Crippen molar-refractivity contribution in [3.8, 4) is 6.07 Å². The summed E-state index contributed by atoms with van der Waals surface area (Å²) < 4.78 is 7.28. The van der Waals surface area contributed by atoms with E-state index < -0.39 is 11.8 Å². The number of aryl methyl sites for hydroxylation is 1. The Morgan fingerprint density at radius 2 is 2.21 bits per heavy atom. The second-order valence-corrected chi connectivity index (χ2v) is 6.47. The lowest BCUT2D eigenvalue weighted by molar-refractivity contribution is -0.0395. The summed E-state index contributed by atoms with van der Waals surface area (Å²) in [5.74, 6) is -0.892. The summed E-state index contributed by atoms with van der Waals surface area (Å²) in [7, 11) is 0. The molecule has 1 fully saturated rings. The third-order valence-corrected chi connectivity index (χ3v) is 4.29. The van der Waals surface area contributed by atoms with Crippen LogP contribution in [-0.4, -0.2) is 39.7 Å². The molecule has 0 aliphatic carbocycles. The van der Waals surface area contributed by atoms with Crippen LogP contribution in [0.3, 0.4) is 0 Å². The zero-order valence-electron chi connectivity index (χ0n) is 15.6. The Hall–Kier alpha value is -3.25. The molecule has 1 saturated heterocycles. The van der Waals surface area contributed by atoms with Crippen LogP contribution in [0.1, 0.15) is 58.6 Å². The molecule has 146 valence electrons. The quantitative estimate of drug-likeness (QED) is 0.739. The molecule has 0 radical (unpaired) electrons. The van der Waals surface area contributed by atoms with Gasteiger partial charge in [-0.2, -0.15) is 10.4 Å². The first-order valence-corrected chi connectivity index (χ1v) is 9.19. The Morgan fingerprint density at radius 1 is 1.36 bits per heavy atom. The Labute approximate surface area is 162 Å². The van der Waals surface area contributed by atoms with Crippen LogP contribution < -0.4 is 10.6 Å². The molecule has 1 atom stereocenters. The molecule has 0 bridgehead atoms. The van der Waals surface area contributed by atoms with Crippen molar-refractivity contribution in [3.05, 3.63) is 41.5 Å². The maximum absolute atomic E-state index is 12.6. The number of carbonyl (C=O) groups is 2. The molecule has 9 nitrogen and oxygen atoms in total. The van der Waals surface area contributed by atoms with Crippen molar-refractivity contribution in [2.24, 2.45) is 0 Å². The van der Waals surface area contributed by atoms with Gasteiger partial charge in [0, 0.05) is 18.8 Å². The number of nitrogens with one attached hydrogen (secondary N) is 2. The number of nitrogens with zero attached hydrogens (tertiary/aromatic N) is 4. The van der Waals surface area contributed by atoms with Crippen LogP contribution in [0, 0.1) is 18.3 Å². The molecule has 3 rings (SSSR count). The van der Waals surface area contributed by atoms with Gasteiger partial charge in [-0.05, 0) is 38.3 Å². The Bertz CT molecular complexity index is 895. The minimum absolute atomic E-state index is 0.0770. The van der Waals surface area contributed by atoms with Crippen molar-refractivity contribution in [2.45, 2.75) is 38.8 Å². The lowest BCUT2D eigenvalue weighted by atomic mass is 10.2. The van der Waals surface area contributed by atoms with Gasteiger partial charge in [0.25, 0.3) is 11.8 Å². The first-order chi connectivity index (χ1) is 13.6. The number of nitriles is 1. The van der Waals surface area contributed by atoms with Gasteiger partial charge in [0.05, 0.1) is 24.4 Å². The number of hydrogen-bond donors (Lipinski definition) is 2. The van der Waals surface area contributed by atoms with Gasteiger partial charge in [-0.25, -0.2) is 9.67 Å². The normalized spacial score (nSPS) is 16.2. The third kappa shape index (κ3) is 4.72. The maximum atomic E-state index is 12.6. The minimum Gasteiger partial charge on any atom is -0.357 e. The van der Waals surface area contributed by atoms with Gasteiger partial charge in [0.1, 0.15) is 11.9 Å². The topological polar surface area (TPSA) is 122 Å². The fourth-order valence-electron chi connectivity index (χ4n) is 2.90. The van der Waals surface area contributed by atoms with E-state index in [4.69, 9.17) is 10.00 Å². The molecular formula is C19H22N6O3. The van der Waals surface area contributed by atoms with Crippen molar-refractivity contribution in [3.63, 3.8) is 0 Å². The Morgan fingerprint density at radius 3 is 2.93 bits per heavy atom. The molecule has 28 heavy (non-hydrogen) atoms. The highest BCUT2D eigenvalue weighted by Gasteiger charge is 2.24. The van der Waals surface area contributed by atoms with Crippen molar-refractivity contribution in [1.82, 2.24) is 20.1 Å². The second-order valence-electron chi connectivity index (χ2n) is 6.47. The van der Waals surface area contributed by atoms with Crippen LogP contribution in [0.5, 0.6) is 0 Å². The van der Waals surface area contributed by atoms with Crippen molar-refractivity contribution < 1.29 is 14.3 Å². The lowest BCUT2D eigenvalue weighted by Crippen LogP contribution is -2.26. The summed E-state index contributed by atoms with van der Waals surface area (Å²) in [5.41, 5.74) is 1.32. The first kappa shape index (κ1) is 19.5. The summed E-state index contributed by atoms with van der Waals surface area (Å²) in [5, 5.41) is 18.3.